The molecular formula is C16H20N2OS. The molecule has 3 rings (SSSR count). The average molecular weight is 288 g/mol. The molecule has 106 valence electrons. The predicted octanol–water partition coefficient (Wildman–Crippen LogP) is 3.46. The Morgan fingerprint density at radius 2 is 2.25 bits per heavy atom. The van der Waals surface area contributed by atoms with E-state index < -0.39 is 0 Å². The summed E-state index contributed by atoms with van der Waals surface area (Å²) >= 11 is 1.88. The van der Waals surface area contributed by atoms with Crippen LogP contribution in [-0.4, -0.2) is 18.6 Å². The van der Waals surface area contributed by atoms with Gasteiger partial charge >= 0.3 is 0 Å². The summed E-state index contributed by atoms with van der Waals surface area (Å²) in [7, 11) is 1.70. The highest BCUT2D eigenvalue weighted by atomic mass is 32.1. The second-order valence-electron chi connectivity index (χ2n) is 5.27. The molecule has 1 aliphatic heterocycles. The van der Waals surface area contributed by atoms with Crippen LogP contribution in [0.2, 0.25) is 0 Å². The summed E-state index contributed by atoms with van der Waals surface area (Å²) in [6.45, 7) is 4.29. The van der Waals surface area contributed by atoms with Crippen molar-refractivity contribution in [2.75, 3.05) is 19.4 Å². The van der Waals surface area contributed by atoms with Crippen LogP contribution in [0.15, 0.2) is 29.6 Å². The van der Waals surface area contributed by atoms with Gasteiger partial charge in [0.25, 0.3) is 0 Å². The van der Waals surface area contributed by atoms with E-state index in [1.807, 2.05) is 23.5 Å². The first kappa shape index (κ1) is 13.5. The zero-order valence-electron chi connectivity index (χ0n) is 11.9. The first-order valence-corrected chi connectivity index (χ1v) is 7.79. The number of nitrogens with two attached hydrogens (primary N) is 1. The molecule has 1 aromatic carbocycles. The van der Waals surface area contributed by atoms with Crippen LogP contribution in [0.4, 0.5) is 5.69 Å². The Bertz CT molecular complexity index is 608. The third-order valence-electron chi connectivity index (χ3n) is 4.09. The molecule has 1 aliphatic rings. The Labute approximate surface area is 124 Å². The topological polar surface area (TPSA) is 38.5 Å². The molecule has 0 radical (unpaired) electrons. The summed E-state index contributed by atoms with van der Waals surface area (Å²) in [6.07, 6.45) is 1.15. The van der Waals surface area contributed by atoms with Crippen LogP contribution in [0.5, 0.6) is 5.75 Å². The van der Waals surface area contributed by atoms with E-state index in [9.17, 15) is 0 Å². The van der Waals surface area contributed by atoms with Crippen LogP contribution in [0.25, 0.3) is 0 Å². The predicted molar refractivity (Wildman–Crippen MR) is 84.3 cm³/mol. The molecule has 0 bridgehead atoms. The summed E-state index contributed by atoms with van der Waals surface area (Å²) in [5.41, 5.74) is 9.25. The van der Waals surface area contributed by atoms with Crippen LogP contribution in [0.1, 0.15) is 29.0 Å². The van der Waals surface area contributed by atoms with Gasteiger partial charge in [-0.25, -0.2) is 0 Å². The fraction of sp³-hybridized carbons (Fsp3) is 0.375. The molecule has 0 amide bonds. The maximum atomic E-state index is 5.82. The van der Waals surface area contributed by atoms with Crippen LogP contribution < -0.4 is 10.5 Å². The molecule has 2 aromatic rings. The fourth-order valence-corrected chi connectivity index (χ4v) is 3.85. The largest absolute Gasteiger partial charge is 0.496 e. The molecule has 20 heavy (non-hydrogen) atoms. The van der Waals surface area contributed by atoms with Crippen LogP contribution in [0, 0.1) is 0 Å². The van der Waals surface area contributed by atoms with Crippen LogP contribution in [-0.2, 0) is 13.0 Å². The Hall–Kier alpha value is -1.52. The first-order chi connectivity index (χ1) is 9.69. The average Bonchev–Trinajstić information content (AvgIpc) is 2.93. The lowest BCUT2D eigenvalue weighted by Crippen LogP contribution is -2.32. The van der Waals surface area contributed by atoms with Gasteiger partial charge in [-0.05, 0) is 36.4 Å². The quantitative estimate of drug-likeness (QED) is 0.879. The lowest BCUT2D eigenvalue weighted by Gasteiger charge is -2.33. The van der Waals surface area contributed by atoms with E-state index in [1.54, 1.807) is 7.11 Å². The molecular weight excluding hydrogens is 268 g/mol. The van der Waals surface area contributed by atoms with Gasteiger partial charge in [0.15, 0.2) is 0 Å². The van der Waals surface area contributed by atoms with Crippen molar-refractivity contribution in [3.05, 3.63) is 45.6 Å². The molecule has 1 aromatic heterocycles. The van der Waals surface area contributed by atoms with Crippen molar-refractivity contribution < 1.29 is 4.74 Å². The van der Waals surface area contributed by atoms with Gasteiger partial charge in [0, 0.05) is 41.3 Å². The first-order valence-electron chi connectivity index (χ1n) is 6.91. The Kier molecular flexibility index (Phi) is 3.68. The summed E-state index contributed by atoms with van der Waals surface area (Å²) in [5.74, 6) is 0.883. The van der Waals surface area contributed by atoms with Crippen molar-refractivity contribution in [1.29, 1.82) is 0 Å². The molecule has 0 spiro atoms. The highest BCUT2D eigenvalue weighted by Gasteiger charge is 2.25. The van der Waals surface area contributed by atoms with E-state index in [0.29, 0.717) is 6.04 Å². The number of hydrogen-bond acceptors (Lipinski definition) is 4. The van der Waals surface area contributed by atoms with E-state index >= 15 is 0 Å². The van der Waals surface area contributed by atoms with Gasteiger partial charge < -0.3 is 10.5 Å². The monoisotopic (exact) mass is 288 g/mol. The summed E-state index contributed by atoms with van der Waals surface area (Å²) in [6, 6.07) is 8.65. The normalized spacial score (nSPS) is 18.8. The number of hydrogen-bond donors (Lipinski definition) is 1. The number of nitrogen functional groups attached to an aromatic ring is 1. The molecule has 4 heteroatoms. The van der Waals surface area contributed by atoms with Crippen LogP contribution >= 0.6 is 11.3 Å². The highest BCUT2D eigenvalue weighted by molar-refractivity contribution is 7.10. The fourth-order valence-electron chi connectivity index (χ4n) is 2.89. The summed E-state index contributed by atoms with van der Waals surface area (Å²) in [5, 5.41) is 2.20. The number of fused-ring (bicyclic) bond motifs is 1. The number of benzene rings is 1. The molecule has 0 saturated heterocycles. The van der Waals surface area contributed by atoms with Gasteiger partial charge in [-0.1, -0.05) is 6.07 Å². The van der Waals surface area contributed by atoms with Crippen LogP contribution in [0.3, 0.4) is 0 Å². The smallest absolute Gasteiger partial charge is 0.125 e. The molecule has 2 heterocycles. The van der Waals surface area contributed by atoms with Crippen molar-refractivity contribution in [3.8, 4) is 5.75 Å². The van der Waals surface area contributed by atoms with Gasteiger partial charge in [0.05, 0.1) is 7.11 Å². The van der Waals surface area contributed by atoms with Gasteiger partial charge in [-0.15, -0.1) is 11.3 Å². The molecule has 0 saturated carbocycles. The number of rotatable bonds is 3. The van der Waals surface area contributed by atoms with Crippen molar-refractivity contribution in [3.63, 3.8) is 0 Å². The lowest BCUT2D eigenvalue weighted by molar-refractivity contribution is 0.189. The zero-order valence-corrected chi connectivity index (χ0v) is 12.7. The summed E-state index contributed by atoms with van der Waals surface area (Å²) in [4.78, 5) is 4.04. The molecule has 2 N–H and O–H groups in total. The number of nitrogens with zero attached hydrogens (tertiary/aromatic N) is 1. The maximum absolute atomic E-state index is 5.82. The molecule has 0 fully saturated rings. The summed E-state index contributed by atoms with van der Waals surface area (Å²) < 4.78 is 5.45. The zero-order chi connectivity index (χ0) is 14.1. The van der Waals surface area contributed by atoms with Crippen molar-refractivity contribution in [1.82, 2.24) is 4.90 Å². The van der Waals surface area contributed by atoms with E-state index in [0.717, 1.165) is 30.9 Å². The molecule has 1 unspecified atom stereocenters. The van der Waals surface area contributed by atoms with E-state index in [4.69, 9.17) is 10.5 Å². The minimum atomic E-state index is 0.465. The number of anilines is 1. The molecule has 3 nitrogen and oxygen atoms in total. The van der Waals surface area contributed by atoms with Gasteiger partial charge in [0.2, 0.25) is 0 Å². The molecule has 1 atom stereocenters. The Morgan fingerprint density at radius 1 is 1.40 bits per heavy atom. The minimum Gasteiger partial charge on any atom is -0.496 e. The van der Waals surface area contributed by atoms with Crippen molar-refractivity contribution >= 4 is 17.0 Å². The van der Waals surface area contributed by atoms with E-state index in [1.165, 1.54) is 16.0 Å². The number of thiophene rings is 1. The number of ether oxygens (including phenoxy) is 1. The van der Waals surface area contributed by atoms with Crippen molar-refractivity contribution in [2.45, 2.75) is 25.9 Å². The van der Waals surface area contributed by atoms with Gasteiger partial charge in [-0.3, -0.25) is 4.90 Å². The molecule has 0 aliphatic carbocycles. The second kappa shape index (κ2) is 5.46. The third-order valence-corrected chi connectivity index (χ3v) is 5.08. The second-order valence-corrected chi connectivity index (χ2v) is 6.27. The van der Waals surface area contributed by atoms with E-state index in [2.05, 4.69) is 29.3 Å². The lowest BCUT2D eigenvalue weighted by atomic mass is 10.0. The highest BCUT2D eigenvalue weighted by Crippen LogP contribution is 2.34. The standard InChI is InChI=1S/C16H20N2OS/c1-11-14-6-8-20-16(14)5-7-18(11)10-12-3-4-13(17)9-15(12)19-2/h3-4,6,8-9,11H,5,7,10,17H2,1-2H3. The maximum Gasteiger partial charge on any atom is 0.125 e. The Balaban J connectivity index is 1.82. The van der Waals surface area contributed by atoms with Crippen molar-refractivity contribution in [2.24, 2.45) is 0 Å². The third kappa shape index (κ3) is 2.41. The number of methoxy groups -OCH3 is 1. The SMILES string of the molecule is COc1cc(N)ccc1CN1CCc2sccc2C1C. The van der Waals surface area contributed by atoms with Gasteiger partial charge in [0.1, 0.15) is 5.75 Å². The minimum absolute atomic E-state index is 0.465. The van der Waals surface area contributed by atoms with E-state index in [-0.39, 0.29) is 0 Å². The van der Waals surface area contributed by atoms with Gasteiger partial charge in [-0.2, -0.15) is 0 Å². The Morgan fingerprint density at radius 3 is 3.05 bits per heavy atom.